The van der Waals surface area contributed by atoms with Gasteiger partial charge in [-0.3, -0.25) is 4.79 Å². The third-order valence-electron chi connectivity index (χ3n) is 3.44. The predicted octanol–water partition coefficient (Wildman–Crippen LogP) is 2.69. The van der Waals surface area contributed by atoms with Gasteiger partial charge in [-0.2, -0.15) is 0 Å². The number of fused-ring (bicyclic) bond motifs is 1. The molecule has 1 unspecified atom stereocenters. The lowest BCUT2D eigenvalue weighted by Crippen LogP contribution is -2.36. The van der Waals surface area contributed by atoms with E-state index in [0.717, 1.165) is 25.1 Å². The van der Waals surface area contributed by atoms with Gasteiger partial charge >= 0.3 is 0 Å². The number of rotatable bonds is 3. The molecule has 1 amide bonds. The molecule has 0 bridgehead atoms. The van der Waals surface area contributed by atoms with Crippen molar-refractivity contribution >= 4 is 24.0 Å². The zero-order valence-corrected chi connectivity index (χ0v) is 11.6. The van der Waals surface area contributed by atoms with E-state index in [0.29, 0.717) is 18.9 Å². The Balaban J connectivity index is 0.00000162. The lowest BCUT2D eigenvalue weighted by Gasteiger charge is -2.33. The van der Waals surface area contributed by atoms with Gasteiger partial charge in [0.1, 0.15) is 0 Å². The van der Waals surface area contributed by atoms with Crippen LogP contribution in [0.5, 0.6) is 0 Å². The zero-order valence-electron chi connectivity index (χ0n) is 10.8. The van der Waals surface area contributed by atoms with Crippen molar-refractivity contribution in [3.8, 4) is 0 Å². The second-order valence-corrected chi connectivity index (χ2v) is 4.69. The molecule has 0 radical (unpaired) electrons. The zero-order chi connectivity index (χ0) is 12.3. The average Bonchev–Trinajstić information content (AvgIpc) is 2.37. The Hall–Kier alpha value is -1.06. The van der Waals surface area contributed by atoms with Crippen molar-refractivity contribution in [2.75, 3.05) is 18.0 Å². The molecule has 1 aliphatic rings. The largest absolute Gasteiger partial charge is 0.330 e. The van der Waals surface area contributed by atoms with Gasteiger partial charge in [0.2, 0.25) is 5.91 Å². The first kappa shape index (κ1) is 15.0. The Kier molecular flexibility index (Phi) is 5.63. The maximum atomic E-state index is 12.1. The Morgan fingerprint density at radius 2 is 2.17 bits per heavy atom. The molecule has 1 heterocycles. The molecule has 1 atom stereocenters. The van der Waals surface area contributed by atoms with Crippen LogP contribution in [0.4, 0.5) is 5.69 Å². The van der Waals surface area contributed by atoms with Crippen molar-refractivity contribution in [3.05, 3.63) is 29.8 Å². The molecule has 18 heavy (non-hydrogen) atoms. The maximum Gasteiger partial charge on any atom is 0.227 e. The van der Waals surface area contributed by atoms with Gasteiger partial charge < -0.3 is 10.6 Å². The second kappa shape index (κ2) is 6.76. The molecular weight excluding hydrogens is 248 g/mol. The number of amides is 1. The van der Waals surface area contributed by atoms with E-state index >= 15 is 0 Å². The van der Waals surface area contributed by atoms with Crippen LogP contribution in [0, 0.1) is 0 Å². The third kappa shape index (κ3) is 3.03. The molecule has 2 rings (SSSR count). The molecule has 4 heteroatoms. The van der Waals surface area contributed by atoms with Gasteiger partial charge in [0.15, 0.2) is 0 Å². The first-order valence-electron chi connectivity index (χ1n) is 6.33. The van der Waals surface area contributed by atoms with Crippen LogP contribution in [0.3, 0.4) is 0 Å². The van der Waals surface area contributed by atoms with Crippen molar-refractivity contribution in [2.24, 2.45) is 5.73 Å². The van der Waals surface area contributed by atoms with Crippen molar-refractivity contribution < 1.29 is 4.79 Å². The SMILES string of the molecule is CC1CCN(C(=O)CCCN)c2ccccc21.Cl. The second-order valence-electron chi connectivity index (χ2n) is 4.69. The first-order chi connectivity index (χ1) is 8.24. The molecule has 0 aliphatic carbocycles. The fraction of sp³-hybridized carbons (Fsp3) is 0.500. The van der Waals surface area contributed by atoms with Crippen molar-refractivity contribution in [2.45, 2.75) is 32.1 Å². The molecule has 2 N–H and O–H groups in total. The molecule has 0 fully saturated rings. The summed E-state index contributed by atoms with van der Waals surface area (Å²) in [6.45, 7) is 3.64. The van der Waals surface area contributed by atoms with Gasteiger partial charge in [0.25, 0.3) is 0 Å². The van der Waals surface area contributed by atoms with Crippen LogP contribution in [-0.2, 0) is 4.79 Å². The summed E-state index contributed by atoms with van der Waals surface area (Å²) < 4.78 is 0. The number of nitrogens with zero attached hydrogens (tertiary/aromatic N) is 1. The van der Waals surface area contributed by atoms with E-state index in [9.17, 15) is 4.79 Å². The lowest BCUT2D eigenvalue weighted by molar-refractivity contribution is -0.118. The van der Waals surface area contributed by atoms with E-state index < -0.39 is 0 Å². The van der Waals surface area contributed by atoms with Crippen molar-refractivity contribution in [3.63, 3.8) is 0 Å². The van der Waals surface area contributed by atoms with Gasteiger partial charge in [0, 0.05) is 18.7 Å². The van der Waals surface area contributed by atoms with E-state index in [-0.39, 0.29) is 18.3 Å². The predicted molar refractivity (Wildman–Crippen MR) is 77.4 cm³/mol. The molecule has 3 nitrogen and oxygen atoms in total. The van der Waals surface area contributed by atoms with E-state index in [1.807, 2.05) is 23.1 Å². The molecular formula is C14H21ClN2O. The van der Waals surface area contributed by atoms with Crippen LogP contribution in [0.1, 0.15) is 37.7 Å². The molecule has 100 valence electrons. The van der Waals surface area contributed by atoms with Crippen LogP contribution in [0.25, 0.3) is 0 Å². The summed E-state index contributed by atoms with van der Waals surface area (Å²) >= 11 is 0. The number of carbonyl (C=O) groups excluding carboxylic acids is 1. The van der Waals surface area contributed by atoms with E-state index in [1.165, 1.54) is 5.56 Å². The Bertz CT molecular complexity index is 409. The minimum Gasteiger partial charge on any atom is -0.330 e. The highest BCUT2D eigenvalue weighted by molar-refractivity contribution is 5.94. The number of hydrogen-bond donors (Lipinski definition) is 1. The van der Waals surface area contributed by atoms with E-state index in [1.54, 1.807) is 0 Å². The minimum atomic E-state index is 0. The van der Waals surface area contributed by atoms with Crippen LogP contribution in [0.15, 0.2) is 24.3 Å². The highest BCUT2D eigenvalue weighted by Gasteiger charge is 2.25. The summed E-state index contributed by atoms with van der Waals surface area (Å²) in [6.07, 6.45) is 2.37. The number of hydrogen-bond acceptors (Lipinski definition) is 2. The summed E-state index contributed by atoms with van der Waals surface area (Å²) in [5.74, 6) is 0.750. The van der Waals surface area contributed by atoms with Gasteiger partial charge in [-0.1, -0.05) is 25.1 Å². The van der Waals surface area contributed by atoms with Crippen LogP contribution < -0.4 is 10.6 Å². The highest BCUT2D eigenvalue weighted by Crippen LogP contribution is 2.34. The van der Waals surface area contributed by atoms with Crippen LogP contribution in [0.2, 0.25) is 0 Å². The monoisotopic (exact) mass is 268 g/mol. The summed E-state index contributed by atoms with van der Waals surface area (Å²) in [7, 11) is 0. The summed E-state index contributed by atoms with van der Waals surface area (Å²) in [4.78, 5) is 14.0. The Morgan fingerprint density at radius 3 is 2.89 bits per heavy atom. The van der Waals surface area contributed by atoms with Crippen molar-refractivity contribution in [1.82, 2.24) is 0 Å². The molecule has 1 aromatic carbocycles. The Morgan fingerprint density at radius 1 is 1.44 bits per heavy atom. The summed E-state index contributed by atoms with van der Waals surface area (Å²) in [6, 6.07) is 8.22. The third-order valence-corrected chi connectivity index (χ3v) is 3.44. The number of carbonyl (C=O) groups is 1. The topological polar surface area (TPSA) is 46.3 Å². The van der Waals surface area contributed by atoms with E-state index in [4.69, 9.17) is 5.73 Å². The number of para-hydroxylation sites is 1. The van der Waals surface area contributed by atoms with Gasteiger partial charge in [-0.25, -0.2) is 0 Å². The van der Waals surface area contributed by atoms with Gasteiger partial charge in [0.05, 0.1) is 0 Å². The fourth-order valence-electron chi connectivity index (χ4n) is 2.40. The summed E-state index contributed by atoms with van der Waals surface area (Å²) in [5, 5.41) is 0. The number of anilines is 1. The standard InChI is InChI=1S/C14H20N2O.ClH/c1-11-8-10-16(14(17)7-4-9-15)13-6-3-2-5-12(11)13;/h2-3,5-6,11H,4,7-10,15H2,1H3;1H. The van der Waals surface area contributed by atoms with Crippen LogP contribution >= 0.6 is 12.4 Å². The number of benzene rings is 1. The van der Waals surface area contributed by atoms with E-state index in [2.05, 4.69) is 13.0 Å². The van der Waals surface area contributed by atoms with Crippen LogP contribution in [-0.4, -0.2) is 19.0 Å². The Labute approximate surface area is 115 Å². The van der Waals surface area contributed by atoms with Crippen molar-refractivity contribution in [1.29, 1.82) is 0 Å². The normalized spacial score (nSPS) is 17.9. The minimum absolute atomic E-state index is 0. The quantitative estimate of drug-likeness (QED) is 0.916. The molecule has 0 aromatic heterocycles. The maximum absolute atomic E-state index is 12.1. The highest BCUT2D eigenvalue weighted by atomic mass is 35.5. The lowest BCUT2D eigenvalue weighted by atomic mass is 9.91. The van der Waals surface area contributed by atoms with Gasteiger partial charge in [-0.05, 0) is 36.9 Å². The first-order valence-corrected chi connectivity index (χ1v) is 6.33. The average molecular weight is 269 g/mol. The van der Waals surface area contributed by atoms with Gasteiger partial charge in [-0.15, -0.1) is 12.4 Å². The summed E-state index contributed by atoms with van der Waals surface area (Å²) in [5.41, 5.74) is 7.83. The molecule has 0 saturated carbocycles. The number of halogens is 1. The molecule has 1 aliphatic heterocycles. The smallest absolute Gasteiger partial charge is 0.227 e. The number of nitrogens with two attached hydrogens (primary N) is 1. The molecule has 0 saturated heterocycles. The fourth-order valence-corrected chi connectivity index (χ4v) is 2.40. The molecule has 0 spiro atoms. The molecule has 1 aromatic rings.